The van der Waals surface area contributed by atoms with Gasteiger partial charge in [-0.2, -0.15) is 0 Å². The van der Waals surface area contributed by atoms with Crippen molar-refractivity contribution in [2.45, 2.75) is 70.3 Å². The van der Waals surface area contributed by atoms with Crippen LogP contribution in [0, 0.1) is 5.92 Å². The second-order valence-electron chi connectivity index (χ2n) is 6.74. The molecule has 122 valence electrons. The Bertz CT molecular complexity index is 295. The van der Waals surface area contributed by atoms with Gasteiger partial charge in [-0.15, -0.1) is 0 Å². The number of carbonyl (C=O) groups is 1. The number of likely N-dealkylation sites (tertiary alicyclic amines) is 1. The highest BCUT2D eigenvalue weighted by molar-refractivity contribution is 5.79. The molecule has 0 aromatic carbocycles. The van der Waals surface area contributed by atoms with Crippen molar-refractivity contribution < 1.29 is 9.90 Å². The Labute approximate surface area is 129 Å². The minimum Gasteiger partial charge on any atom is -0.396 e. The van der Waals surface area contributed by atoms with Gasteiger partial charge in [0.2, 0.25) is 5.91 Å². The van der Waals surface area contributed by atoms with Crippen molar-refractivity contribution in [2.24, 2.45) is 5.92 Å². The van der Waals surface area contributed by atoms with Crippen LogP contribution in [-0.2, 0) is 4.79 Å². The fraction of sp³-hybridized carbons (Fsp3) is 0.941. The zero-order valence-electron chi connectivity index (χ0n) is 13.4. The van der Waals surface area contributed by atoms with Gasteiger partial charge in [-0.05, 0) is 51.5 Å². The van der Waals surface area contributed by atoms with Crippen LogP contribution in [0.4, 0.5) is 0 Å². The molecule has 1 heterocycles. The van der Waals surface area contributed by atoms with E-state index >= 15 is 0 Å². The number of hydrogen-bond donors (Lipinski definition) is 2. The van der Waals surface area contributed by atoms with Gasteiger partial charge < -0.3 is 15.3 Å². The van der Waals surface area contributed by atoms with Crippen LogP contribution in [0.25, 0.3) is 0 Å². The number of hydrogen-bond acceptors (Lipinski definition) is 3. The number of rotatable bonds is 7. The Kier molecular flexibility index (Phi) is 7.51. The summed E-state index contributed by atoms with van der Waals surface area (Å²) in [6.07, 6.45) is 11.4. The SMILES string of the molecule is O=C(NC1CCN(CCCCCO)CC1)C1CCCCC1. The first kappa shape index (κ1) is 16.8. The normalized spacial score (nSPS) is 22.3. The minimum atomic E-state index is 0.287. The Morgan fingerprint density at radius 2 is 1.71 bits per heavy atom. The molecule has 0 bridgehead atoms. The lowest BCUT2D eigenvalue weighted by Crippen LogP contribution is -2.46. The summed E-state index contributed by atoms with van der Waals surface area (Å²) in [6.45, 7) is 3.67. The third-order valence-electron chi connectivity index (χ3n) is 5.04. The first-order valence-electron chi connectivity index (χ1n) is 8.93. The van der Waals surface area contributed by atoms with E-state index in [4.69, 9.17) is 5.11 Å². The van der Waals surface area contributed by atoms with Crippen molar-refractivity contribution in [1.82, 2.24) is 10.2 Å². The molecule has 1 amide bonds. The van der Waals surface area contributed by atoms with Gasteiger partial charge in [0.1, 0.15) is 0 Å². The number of aliphatic hydroxyl groups excluding tert-OH is 1. The van der Waals surface area contributed by atoms with Gasteiger partial charge in [-0.3, -0.25) is 4.79 Å². The predicted molar refractivity (Wildman–Crippen MR) is 85.1 cm³/mol. The van der Waals surface area contributed by atoms with E-state index in [2.05, 4.69) is 10.2 Å². The number of nitrogens with zero attached hydrogens (tertiary/aromatic N) is 1. The lowest BCUT2D eigenvalue weighted by molar-refractivity contribution is -0.127. The van der Waals surface area contributed by atoms with Crippen molar-refractivity contribution in [3.63, 3.8) is 0 Å². The predicted octanol–water partition coefficient (Wildman–Crippen LogP) is 2.31. The third-order valence-corrected chi connectivity index (χ3v) is 5.04. The molecular formula is C17H32N2O2. The zero-order valence-corrected chi connectivity index (χ0v) is 13.4. The van der Waals surface area contributed by atoms with Gasteiger partial charge in [0, 0.05) is 31.7 Å². The summed E-state index contributed by atoms with van der Waals surface area (Å²) in [7, 11) is 0. The van der Waals surface area contributed by atoms with Gasteiger partial charge in [-0.25, -0.2) is 0 Å². The molecule has 0 spiro atoms. The molecule has 0 aromatic rings. The molecule has 1 aliphatic heterocycles. The number of amides is 1. The summed E-state index contributed by atoms with van der Waals surface area (Å²) in [5, 5.41) is 12.1. The number of aliphatic hydroxyl groups is 1. The van der Waals surface area contributed by atoms with Crippen molar-refractivity contribution in [1.29, 1.82) is 0 Å². The average Bonchev–Trinajstić information content (AvgIpc) is 2.54. The summed E-state index contributed by atoms with van der Waals surface area (Å²) in [4.78, 5) is 14.7. The van der Waals surface area contributed by atoms with E-state index in [1.54, 1.807) is 0 Å². The fourth-order valence-corrected chi connectivity index (χ4v) is 3.61. The molecule has 4 nitrogen and oxygen atoms in total. The summed E-state index contributed by atoms with van der Waals surface area (Å²) in [5.74, 6) is 0.603. The van der Waals surface area contributed by atoms with E-state index in [0.717, 1.165) is 58.2 Å². The molecule has 2 aliphatic rings. The lowest BCUT2D eigenvalue weighted by Gasteiger charge is -2.33. The van der Waals surface area contributed by atoms with Crippen molar-refractivity contribution in [3.8, 4) is 0 Å². The minimum absolute atomic E-state index is 0.287. The summed E-state index contributed by atoms with van der Waals surface area (Å²) in [6, 6.07) is 0.396. The fourth-order valence-electron chi connectivity index (χ4n) is 3.61. The standard InChI is InChI=1S/C17H32N2O2/c20-14-6-2-5-11-19-12-9-16(10-13-19)18-17(21)15-7-3-1-4-8-15/h15-16,20H,1-14H2,(H,18,21). The van der Waals surface area contributed by atoms with Crippen molar-refractivity contribution in [2.75, 3.05) is 26.2 Å². The Morgan fingerprint density at radius 1 is 1.00 bits per heavy atom. The van der Waals surface area contributed by atoms with E-state index in [0.29, 0.717) is 18.6 Å². The topological polar surface area (TPSA) is 52.6 Å². The second-order valence-corrected chi connectivity index (χ2v) is 6.74. The zero-order chi connectivity index (χ0) is 14.9. The number of piperidine rings is 1. The van der Waals surface area contributed by atoms with Gasteiger partial charge in [-0.1, -0.05) is 19.3 Å². The average molecular weight is 296 g/mol. The van der Waals surface area contributed by atoms with Crippen molar-refractivity contribution in [3.05, 3.63) is 0 Å². The molecule has 1 saturated heterocycles. The molecule has 4 heteroatoms. The Morgan fingerprint density at radius 3 is 2.38 bits per heavy atom. The maximum absolute atomic E-state index is 12.2. The first-order chi connectivity index (χ1) is 10.3. The largest absolute Gasteiger partial charge is 0.396 e. The van der Waals surface area contributed by atoms with E-state index in [-0.39, 0.29) is 5.92 Å². The van der Waals surface area contributed by atoms with Crippen LogP contribution >= 0.6 is 0 Å². The molecule has 2 rings (SSSR count). The molecule has 1 aliphatic carbocycles. The third kappa shape index (κ3) is 5.95. The summed E-state index contributed by atoms with van der Waals surface area (Å²) >= 11 is 0. The molecule has 2 N–H and O–H groups in total. The van der Waals surface area contributed by atoms with Gasteiger partial charge in [0.05, 0.1) is 0 Å². The lowest BCUT2D eigenvalue weighted by atomic mass is 9.88. The highest BCUT2D eigenvalue weighted by atomic mass is 16.2. The van der Waals surface area contributed by atoms with E-state index < -0.39 is 0 Å². The highest BCUT2D eigenvalue weighted by Gasteiger charge is 2.25. The Balaban J connectivity index is 1.59. The smallest absolute Gasteiger partial charge is 0.223 e. The van der Waals surface area contributed by atoms with Crippen LogP contribution < -0.4 is 5.32 Å². The molecule has 0 atom stereocenters. The molecule has 0 aromatic heterocycles. The number of unbranched alkanes of at least 4 members (excludes halogenated alkanes) is 2. The first-order valence-corrected chi connectivity index (χ1v) is 8.93. The Hall–Kier alpha value is -0.610. The van der Waals surface area contributed by atoms with E-state index in [9.17, 15) is 4.79 Å². The number of nitrogens with one attached hydrogen (secondary N) is 1. The van der Waals surface area contributed by atoms with Gasteiger partial charge >= 0.3 is 0 Å². The van der Waals surface area contributed by atoms with Crippen LogP contribution in [0.2, 0.25) is 0 Å². The second kappa shape index (κ2) is 9.42. The van der Waals surface area contributed by atoms with Crippen LogP contribution in [0.1, 0.15) is 64.2 Å². The molecular weight excluding hydrogens is 264 g/mol. The summed E-state index contributed by atoms with van der Waals surface area (Å²) in [5.41, 5.74) is 0. The molecule has 1 saturated carbocycles. The summed E-state index contributed by atoms with van der Waals surface area (Å²) < 4.78 is 0. The van der Waals surface area contributed by atoms with E-state index in [1.165, 1.54) is 25.7 Å². The maximum atomic E-state index is 12.2. The van der Waals surface area contributed by atoms with Crippen LogP contribution in [-0.4, -0.2) is 48.2 Å². The monoisotopic (exact) mass is 296 g/mol. The van der Waals surface area contributed by atoms with Crippen LogP contribution in [0.3, 0.4) is 0 Å². The van der Waals surface area contributed by atoms with Crippen molar-refractivity contribution >= 4 is 5.91 Å². The van der Waals surface area contributed by atoms with E-state index in [1.807, 2.05) is 0 Å². The van der Waals surface area contributed by atoms with Crippen LogP contribution in [0.5, 0.6) is 0 Å². The molecule has 0 unspecified atom stereocenters. The maximum Gasteiger partial charge on any atom is 0.223 e. The highest BCUT2D eigenvalue weighted by Crippen LogP contribution is 2.24. The molecule has 0 radical (unpaired) electrons. The van der Waals surface area contributed by atoms with Crippen LogP contribution in [0.15, 0.2) is 0 Å². The number of carbonyl (C=O) groups excluding carboxylic acids is 1. The molecule has 2 fully saturated rings. The van der Waals surface area contributed by atoms with Gasteiger partial charge in [0.15, 0.2) is 0 Å². The molecule has 21 heavy (non-hydrogen) atoms. The van der Waals surface area contributed by atoms with Gasteiger partial charge in [0.25, 0.3) is 0 Å². The quantitative estimate of drug-likeness (QED) is 0.709.